The summed E-state index contributed by atoms with van der Waals surface area (Å²) in [5, 5.41) is 0.340. The number of ether oxygens (including phenoxy) is 1. The van der Waals surface area contributed by atoms with Gasteiger partial charge in [-0.15, -0.1) is 0 Å². The normalized spacial score (nSPS) is 11.2. The van der Waals surface area contributed by atoms with E-state index >= 15 is 0 Å². The number of anilines is 1. The van der Waals surface area contributed by atoms with Gasteiger partial charge < -0.3 is 4.74 Å². The maximum atomic E-state index is 11.7. The van der Waals surface area contributed by atoms with Crippen LogP contribution in [0.15, 0.2) is 11.4 Å². The van der Waals surface area contributed by atoms with Crippen LogP contribution in [0.5, 0.6) is 0 Å². The average Bonchev–Trinajstić information content (AvgIpc) is 2.38. The van der Waals surface area contributed by atoms with Gasteiger partial charge in [-0.1, -0.05) is 18.7 Å². The zero-order chi connectivity index (χ0) is 15.2. The van der Waals surface area contributed by atoms with Crippen molar-refractivity contribution in [1.82, 2.24) is 14.7 Å². The molecule has 0 fully saturated rings. The molecule has 2 N–H and O–H groups in total. The van der Waals surface area contributed by atoms with Gasteiger partial charge in [-0.2, -0.15) is 13.1 Å². The van der Waals surface area contributed by atoms with Crippen molar-refractivity contribution < 1.29 is 17.9 Å². The fourth-order valence-corrected chi connectivity index (χ4v) is 2.46. The summed E-state index contributed by atoms with van der Waals surface area (Å²) in [5.41, 5.74) is -0.0360. The molecule has 1 aromatic heterocycles. The molecule has 0 saturated carbocycles. The number of nitrogens with one attached hydrogen (secondary N) is 2. The molecule has 0 radical (unpaired) electrons. The number of nitrogens with zero attached hydrogens (tertiary/aromatic N) is 2. The Hall–Kier alpha value is -1.39. The molecule has 0 aliphatic heterocycles. The predicted octanol–water partition coefficient (Wildman–Crippen LogP) is 0.641. The zero-order valence-corrected chi connectivity index (χ0v) is 13.0. The van der Waals surface area contributed by atoms with Crippen LogP contribution >= 0.6 is 11.8 Å². The molecule has 0 spiro atoms. The highest BCUT2D eigenvalue weighted by Crippen LogP contribution is 2.18. The highest BCUT2D eigenvalue weighted by Gasteiger charge is 2.19. The second-order valence-corrected chi connectivity index (χ2v) is 5.72. The number of carbonyl (C=O) groups excluding carboxylic acids is 1. The molecule has 10 heteroatoms. The van der Waals surface area contributed by atoms with E-state index in [0.717, 1.165) is 0 Å². The van der Waals surface area contributed by atoms with Crippen molar-refractivity contribution in [3.63, 3.8) is 0 Å². The van der Waals surface area contributed by atoms with Crippen LogP contribution in [0.4, 0.5) is 5.82 Å². The van der Waals surface area contributed by atoms with E-state index in [0.29, 0.717) is 5.16 Å². The third-order valence-electron chi connectivity index (χ3n) is 2.01. The molecule has 0 atom stereocenters. The summed E-state index contributed by atoms with van der Waals surface area (Å²) in [7, 11) is -3.79. The number of hydrogen-bond acceptors (Lipinski definition) is 7. The highest BCUT2D eigenvalue weighted by atomic mass is 32.2. The van der Waals surface area contributed by atoms with E-state index in [1.807, 2.05) is 0 Å². The van der Waals surface area contributed by atoms with E-state index in [4.69, 9.17) is 4.74 Å². The molecule has 112 valence electrons. The van der Waals surface area contributed by atoms with E-state index in [2.05, 4.69) is 19.4 Å². The summed E-state index contributed by atoms with van der Waals surface area (Å²) in [6.45, 7) is 3.67. The Kier molecular flexibility index (Phi) is 6.17. The number of esters is 1. The van der Waals surface area contributed by atoms with Gasteiger partial charge in [0, 0.05) is 12.7 Å². The molecule has 1 heterocycles. The van der Waals surface area contributed by atoms with Crippen LogP contribution in [-0.2, 0) is 14.9 Å². The first-order valence-corrected chi connectivity index (χ1v) is 8.49. The topological polar surface area (TPSA) is 110 Å². The average molecular weight is 320 g/mol. The first-order valence-electron chi connectivity index (χ1n) is 5.79. The van der Waals surface area contributed by atoms with Gasteiger partial charge in [0.1, 0.15) is 5.56 Å². The Labute approximate surface area is 121 Å². The SMILES string of the molecule is CCNS(=O)(=O)Nc1nc(SC)ncc1C(=O)OCC. The third-order valence-corrected chi connectivity index (χ3v) is 3.70. The Bertz CT molecular complexity index is 577. The molecule has 0 aromatic carbocycles. The van der Waals surface area contributed by atoms with Gasteiger partial charge in [0.2, 0.25) is 0 Å². The van der Waals surface area contributed by atoms with Crippen molar-refractivity contribution in [1.29, 1.82) is 0 Å². The fourth-order valence-electron chi connectivity index (χ4n) is 1.25. The van der Waals surface area contributed by atoms with Crippen LogP contribution in [0, 0.1) is 0 Å². The van der Waals surface area contributed by atoms with Crippen LogP contribution < -0.4 is 9.44 Å². The summed E-state index contributed by atoms with van der Waals surface area (Å²) in [5.74, 6) is -0.793. The molecule has 0 aliphatic rings. The van der Waals surface area contributed by atoms with Crippen LogP contribution in [0.1, 0.15) is 24.2 Å². The number of hydrogen-bond donors (Lipinski definition) is 2. The molecule has 8 nitrogen and oxygen atoms in total. The quantitative estimate of drug-likeness (QED) is 0.431. The van der Waals surface area contributed by atoms with Gasteiger partial charge in [0.15, 0.2) is 11.0 Å². The van der Waals surface area contributed by atoms with Crippen LogP contribution in [-0.4, -0.2) is 43.8 Å². The van der Waals surface area contributed by atoms with Gasteiger partial charge in [-0.05, 0) is 13.2 Å². The standard InChI is InChI=1S/C10H16N4O4S2/c1-4-12-20(16,17)14-8-7(9(15)18-5-2)6-11-10(13-8)19-3/h6,12H,4-5H2,1-3H3,(H,11,13,14). The maximum Gasteiger partial charge on any atom is 0.343 e. The van der Waals surface area contributed by atoms with Crippen LogP contribution in [0.2, 0.25) is 0 Å². The van der Waals surface area contributed by atoms with Gasteiger partial charge in [0.25, 0.3) is 10.2 Å². The lowest BCUT2D eigenvalue weighted by Gasteiger charge is -2.11. The minimum atomic E-state index is -3.79. The number of rotatable bonds is 7. The molecule has 0 unspecified atom stereocenters. The molecule has 0 amide bonds. The lowest BCUT2D eigenvalue weighted by Crippen LogP contribution is -2.31. The minimum Gasteiger partial charge on any atom is -0.462 e. The molecule has 0 bridgehead atoms. The molecular weight excluding hydrogens is 304 g/mol. The Morgan fingerprint density at radius 3 is 2.70 bits per heavy atom. The van der Waals surface area contributed by atoms with E-state index in [-0.39, 0.29) is 24.5 Å². The molecule has 1 aromatic rings. The summed E-state index contributed by atoms with van der Waals surface area (Å²) in [4.78, 5) is 19.7. The first kappa shape index (κ1) is 16.7. The second kappa shape index (κ2) is 7.41. The van der Waals surface area contributed by atoms with E-state index in [9.17, 15) is 13.2 Å². The Morgan fingerprint density at radius 2 is 2.15 bits per heavy atom. The van der Waals surface area contributed by atoms with Crippen molar-refractivity contribution in [3.8, 4) is 0 Å². The minimum absolute atomic E-state index is 0.0360. The van der Waals surface area contributed by atoms with Crippen molar-refractivity contribution in [2.24, 2.45) is 0 Å². The molecule has 1 rings (SSSR count). The smallest absolute Gasteiger partial charge is 0.343 e. The van der Waals surface area contributed by atoms with Crippen LogP contribution in [0.25, 0.3) is 0 Å². The lowest BCUT2D eigenvalue weighted by atomic mass is 10.3. The Balaban J connectivity index is 3.16. The molecular formula is C10H16N4O4S2. The van der Waals surface area contributed by atoms with Gasteiger partial charge >= 0.3 is 5.97 Å². The summed E-state index contributed by atoms with van der Waals surface area (Å²) < 4.78 is 32.7. The van der Waals surface area contributed by atoms with Crippen molar-refractivity contribution in [3.05, 3.63) is 11.8 Å². The largest absolute Gasteiger partial charge is 0.462 e. The summed E-state index contributed by atoms with van der Waals surface area (Å²) in [6.07, 6.45) is 2.97. The van der Waals surface area contributed by atoms with E-state index in [1.54, 1.807) is 20.1 Å². The first-order chi connectivity index (χ1) is 9.43. The Morgan fingerprint density at radius 1 is 1.45 bits per heavy atom. The van der Waals surface area contributed by atoms with E-state index in [1.165, 1.54) is 18.0 Å². The highest BCUT2D eigenvalue weighted by molar-refractivity contribution is 7.98. The molecule has 0 aliphatic carbocycles. The predicted molar refractivity (Wildman–Crippen MR) is 76.0 cm³/mol. The van der Waals surface area contributed by atoms with E-state index < -0.39 is 16.2 Å². The fraction of sp³-hybridized carbons (Fsp3) is 0.500. The zero-order valence-electron chi connectivity index (χ0n) is 11.3. The van der Waals surface area contributed by atoms with Gasteiger partial charge in [-0.3, -0.25) is 4.72 Å². The van der Waals surface area contributed by atoms with Crippen LogP contribution in [0.3, 0.4) is 0 Å². The number of aromatic nitrogens is 2. The lowest BCUT2D eigenvalue weighted by molar-refractivity contribution is 0.0526. The van der Waals surface area contributed by atoms with Gasteiger partial charge in [-0.25, -0.2) is 14.8 Å². The summed E-state index contributed by atoms with van der Waals surface area (Å²) >= 11 is 1.23. The van der Waals surface area contributed by atoms with Crippen molar-refractivity contribution >= 4 is 33.8 Å². The number of thioether (sulfide) groups is 1. The van der Waals surface area contributed by atoms with Crippen molar-refractivity contribution in [2.75, 3.05) is 24.1 Å². The maximum absolute atomic E-state index is 11.7. The number of carbonyl (C=O) groups is 1. The molecule has 20 heavy (non-hydrogen) atoms. The van der Waals surface area contributed by atoms with Gasteiger partial charge in [0.05, 0.1) is 6.61 Å². The second-order valence-electron chi connectivity index (χ2n) is 3.44. The monoisotopic (exact) mass is 320 g/mol. The van der Waals surface area contributed by atoms with Crippen molar-refractivity contribution in [2.45, 2.75) is 19.0 Å². The molecule has 0 saturated heterocycles. The summed E-state index contributed by atoms with van der Waals surface area (Å²) in [6, 6.07) is 0. The third kappa shape index (κ3) is 4.62.